The molecule has 1 aliphatic heterocycles. The highest BCUT2D eigenvalue weighted by molar-refractivity contribution is 7.11. The Labute approximate surface area is 117 Å². The van der Waals surface area contributed by atoms with Gasteiger partial charge in [0.25, 0.3) is 5.91 Å². The number of carbonyl (C=O) groups excluding carboxylic acids is 1. The molecule has 1 aliphatic rings. The van der Waals surface area contributed by atoms with Crippen LogP contribution in [-0.2, 0) is 0 Å². The van der Waals surface area contributed by atoms with Crippen molar-refractivity contribution in [1.29, 1.82) is 0 Å². The molecule has 1 aromatic heterocycles. The molecular weight excluding hydrogens is 262 g/mol. The lowest BCUT2D eigenvalue weighted by atomic mass is 9.96. The van der Waals surface area contributed by atoms with Crippen molar-refractivity contribution in [2.75, 3.05) is 44.4 Å². The molecule has 0 aliphatic carbocycles. The fraction of sp³-hybridized carbons (Fsp3) is 0.667. The summed E-state index contributed by atoms with van der Waals surface area (Å²) in [5.74, 6) is 0.480. The van der Waals surface area contributed by atoms with Gasteiger partial charge in [0.2, 0.25) is 0 Å². The number of anilines is 2. The number of primary amides is 1. The summed E-state index contributed by atoms with van der Waals surface area (Å²) in [6.45, 7) is 2.97. The second kappa shape index (κ2) is 5.75. The fourth-order valence-corrected chi connectivity index (χ4v) is 3.45. The second-order valence-electron chi connectivity index (χ2n) is 5.30. The van der Waals surface area contributed by atoms with E-state index < -0.39 is 5.91 Å². The number of nitrogen functional groups attached to an aromatic ring is 1. The Morgan fingerprint density at radius 2 is 2.11 bits per heavy atom. The molecule has 7 heteroatoms. The zero-order valence-corrected chi connectivity index (χ0v) is 12.2. The summed E-state index contributed by atoms with van der Waals surface area (Å²) in [6, 6.07) is 0. The minimum absolute atomic E-state index is 0.253. The molecule has 0 atom stereocenters. The lowest BCUT2D eigenvalue weighted by Crippen LogP contribution is -2.37. The summed E-state index contributed by atoms with van der Waals surface area (Å²) < 4.78 is 4.05. The average Bonchev–Trinajstić information content (AvgIpc) is 2.71. The van der Waals surface area contributed by atoms with Gasteiger partial charge in [-0.3, -0.25) is 4.79 Å². The SMILES string of the molecule is CN(C)CC1CCN(c2snc(N)c2C(N)=O)CC1. The first-order chi connectivity index (χ1) is 8.99. The monoisotopic (exact) mass is 283 g/mol. The fourth-order valence-electron chi connectivity index (χ4n) is 2.58. The minimum Gasteiger partial charge on any atom is -0.382 e. The maximum absolute atomic E-state index is 11.4. The third-order valence-corrected chi connectivity index (χ3v) is 4.40. The predicted octanol–water partition coefficient (Wildman–Crippen LogP) is 0.602. The van der Waals surface area contributed by atoms with Crippen molar-refractivity contribution in [2.24, 2.45) is 11.7 Å². The molecule has 1 amide bonds. The summed E-state index contributed by atoms with van der Waals surface area (Å²) in [4.78, 5) is 15.8. The van der Waals surface area contributed by atoms with Gasteiger partial charge in [-0.1, -0.05) is 0 Å². The minimum atomic E-state index is -0.489. The van der Waals surface area contributed by atoms with E-state index in [1.807, 2.05) is 0 Å². The Hall–Kier alpha value is -1.34. The summed E-state index contributed by atoms with van der Waals surface area (Å²) in [7, 11) is 4.20. The van der Waals surface area contributed by atoms with E-state index in [2.05, 4.69) is 28.3 Å². The summed E-state index contributed by atoms with van der Waals surface area (Å²) in [6.07, 6.45) is 2.24. The van der Waals surface area contributed by atoms with Crippen LogP contribution in [0.25, 0.3) is 0 Å². The van der Waals surface area contributed by atoms with Crippen molar-refractivity contribution in [1.82, 2.24) is 9.27 Å². The zero-order chi connectivity index (χ0) is 14.0. The molecule has 2 heterocycles. The van der Waals surface area contributed by atoms with Crippen LogP contribution in [0.3, 0.4) is 0 Å². The van der Waals surface area contributed by atoms with Crippen LogP contribution in [-0.4, -0.2) is 48.9 Å². The van der Waals surface area contributed by atoms with Crippen LogP contribution in [0.2, 0.25) is 0 Å². The molecule has 4 N–H and O–H groups in total. The number of nitrogens with two attached hydrogens (primary N) is 2. The number of nitrogens with zero attached hydrogens (tertiary/aromatic N) is 3. The van der Waals surface area contributed by atoms with Gasteiger partial charge in [0.1, 0.15) is 10.6 Å². The van der Waals surface area contributed by atoms with Gasteiger partial charge < -0.3 is 21.3 Å². The smallest absolute Gasteiger partial charge is 0.255 e. The van der Waals surface area contributed by atoms with Gasteiger partial charge >= 0.3 is 0 Å². The first kappa shape index (κ1) is 14.1. The molecule has 0 spiro atoms. The Kier molecular flexibility index (Phi) is 4.26. The molecule has 1 fully saturated rings. The molecule has 106 valence electrons. The number of aromatic nitrogens is 1. The third kappa shape index (κ3) is 3.16. The molecule has 19 heavy (non-hydrogen) atoms. The van der Waals surface area contributed by atoms with Gasteiger partial charge in [-0.25, -0.2) is 0 Å². The summed E-state index contributed by atoms with van der Waals surface area (Å²) in [5.41, 5.74) is 11.5. The Morgan fingerprint density at radius 3 is 2.63 bits per heavy atom. The lowest BCUT2D eigenvalue weighted by molar-refractivity contribution is 0.100. The van der Waals surface area contributed by atoms with Crippen molar-refractivity contribution in [3.63, 3.8) is 0 Å². The topological polar surface area (TPSA) is 88.5 Å². The molecule has 0 aromatic carbocycles. The highest BCUT2D eigenvalue weighted by Gasteiger charge is 2.26. The normalized spacial score (nSPS) is 17.1. The van der Waals surface area contributed by atoms with Gasteiger partial charge in [0.15, 0.2) is 5.82 Å². The van der Waals surface area contributed by atoms with Crippen LogP contribution >= 0.6 is 11.5 Å². The van der Waals surface area contributed by atoms with Gasteiger partial charge in [0.05, 0.1) is 0 Å². The molecule has 6 nitrogen and oxygen atoms in total. The Balaban J connectivity index is 2.04. The van der Waals surface area contributed by atoms with Crippen LogP contribution in [0.5, 0.6) is 0 Å². The van der Waals surface area contributed by atoms with E-state index >= 15 is 0 Å². The standard InChI is InChI=1S/C12H21N5OS/c1-16(2)7-8-3-5-17(6-4-8)12-9(11(14)18)10(13)15-19-12/h8H,3-7H2,1-2H3,(H2,13,15)(H2,14,18). The summed E-state index contributed by atoms with van der Waals surface area (Å²) >= 11 is 1.27. The highest BCUT2D eigenvalue weighted by atomic mass is 32.1. The average molecular weight is 283 g/mol. The molecular formula is C12H21N5OS. The molecule has 0 radical (unpaired) electrons. The number of hydrogen-bond donors (Lipinski definition) is 2. The largest absolute Gasteiger partial charge is 0.382 e. The molecule has 0 bridgehead atoms. The van der Waals surface area contributed by atoms with Gasteiger partial charge in [0, 0.05) is 19.6 Å². The van der Waals surface area contributed by atoms with Crippen LogP contribution < -0.4 is 16.4 Å². The van der Waals surface area contributed by atoms with Gasteiger partial charge in [-0.2, -0.15) is 4.37 Å². The molecule has 0 unspecified atom stereocenters. The van der Waals surface area contributed by atoms with Crippen LogP contribution in [0.1, 0.15) is 23.2 Å². The quantitative estimate of drug-likeness (QED) is 0.845. The van der Waals surface area contributed by atoms with Crippen molar-refractivity contribution in [3.8, 4) is 0 Å². The lowest BCUT2D eigenvalue weighted by Gasteiger charge is -2.33. The highest BCUT2D eigenvalue weighted by Crippen LogP contribution is 2.33. The van der Waals surface area contributed by atoms with E-state index in [0.29, 0.717) is 11.5 Å². The van der Waals surface area contributed by atoms with Gasteiger partial charge in [-0.05, 0) is 44.4 Å². The zero-order valence-electron chi connectivity index (χ0n) is 11.4. The third-order valence-electron chi connectivity index (χ3n) is 3.47. The van der Waals surface area contributed by atoms with Crippen LogP contribution in [0.4, 0.5) is 10.8 Å². The Bertz CT molecular complexity index is 451. The van der Waals surface area contributed by atoms with Gasteiger partial charge in [-0.15, -0.1) is 0 Å². The van der Waals surface area contributed by atoms with E-state index in [9.17, 15) is 4.79 Å². The number of carbonyl (C=O) groups is 1. The number of piperidine rings is 1. The second-order valence-corrected chi connectivity index (χ2v) is 6.06. The van der Waals surface area contributed by atoms with Crippen LogP contribution in [0.15, 0.2) is 0 Å². The van der Waals surface area contributed by atoms with E-state index in [1.165, 1.54) is 11.5 Å². The van der Waals surface area contributed by atoms with Crippen LogP contribution in [0, 0.1) is 5.92 Å². The Morgan fingerprint density at radius 1 is 1.47 bits per heavy atom. The number of amides is 1. The molecule has 0 saturated carbocycles. The first-order valence-electron chi connectivity index (χ1n) is 6.43. The van der Waals surface area contributed by atoms with E-state index in [4.69, 9.17) is 11.5 Å². The molecule has 2 rings (SSSR count). The van der Waals surface area contributed by atoms with E-state index in [-0.39, 0.29) is 5.82 Å². The van der Waals surface area contributed by atoms with Crippen molar-refractivity contribution in [3.05, 3.63) is 5.56 Å². The van der Waals surface area contributed by atoms with Crippen molar-refractivity contribution in [2.45, 2.75) is 12.8 Å². The molecule has 1 saturated heterocycles. The maximum atomic E-state index is 11.4. The van der Waals surface area contributed by atoms with E-state index in [1.54, 1.807) is 0 Å². The first-order valence-corrected chi connectivity index (χ1v) is 7.21. The van der Waals surface area contributed by atoms with E-state index in [0.717, 1.165) is 37.5 Å². The van der Waals surface area contributed by atoms with Crippen molar-refractivity contribution >= 4 is 28.3 Å². The molecule has 1 aromatic rings. The maximum Gasteiger partial charge on any atom is 0.255 e. The van der Waals surface area contributed by atoms with Crippen molar-refractivity contribution < 1.29 is 4.79 Å². The number of hydrogen-bond acceptors (Lipinski definition) is 6. The summed E-state index contributed by atoms with van der Waals surface area (Å²) in [5, 5.41) is 0.827. The number of rotatable bonds is 4. The predicted molar refractivity (Wildman–Crippen MR) is 78.5 cm³/mol.